The average molecular weight is 276 g/mol. The van der Waals surface area contributed by atoms with Gasteiger partial charge in [-0.3, -0.25) is 0 Å². The van der Waals surface area contributed by atoms with Gasteiger partial charge < -0.3 is 5.32 Å². The second kappa shape index (κ2) is 6.87. The highest BCUT2D eigenvalue weighted by atomic mass is 32.2. The Morgan fingerprint density at radius 2 is 1.78 bits per heavy atom. The summed E-state index contributed by atoms with van der Waals surface area (Å²) in [6.07, 6.45) is 1.96. The van der Waals surface area contributed by atoms with Gasteiger partial charge in [-0.25, -0.2) is 12.7 Å². The molecule has 108 valence electrons. The van der Waals surface area contributed by atoms with E-state index in [0.717, 1.165) is 19.4 Å². The summed E-state index contributed by atoms with van der Waals surface area (Å²) in [5, 5.41) is 3.43. The van der Waals surface area contributed by atoms with E-state index in [1.807, 2.05) is 13.8 Å². The second-order valence-corrected chi connectivity index (χ2v) is 7.77. The Bertz CT molecular complexity index is 333. The number of nitrogens with zero attached hydrogens (tertiary/aromatic N) is 1. The number of piperidine rings is 1. The van der Waals surface area contributed by atoms with Gasteiger partial charge in [0.15, 0.2) is 0 Å². The molecule has 0 aromatic carbocycles. The molecule has 1 rings (SSSR count). The maximum absolute atomic E-state index is 12.1. The Morgan fingerprint density at radius 3 is 2.22 bits per heavy atom. The van der Waals surface area contributed by atoms with Crippen molar-refractivity contribution in [2.45, 2.75) is 46.6 Å². The maximum atomic E-state index is 12.1. The molecule has 5 heteroatoms. The van der Waals surface area contributed by atoms with Crippen molar-refractivity contribution < 1.29 is 8.42 Å². The van der Waals surface area contributed by atoms with Crippen LogP contribution in [0.3, 0.4) is 0 Å². The first-order valence-corrected chi connectivity index (χ1v) is 8.69. The lowest BCUT2D eigenvalue weighted by Crippen LogP contribution is -2.45. The Kier molecular flexibility index (Phi) is 6.08. The molecule has 1 atom stereocenters. The normalized spacial score (nSPS) is 21.4. The molecule has 1 aliphatic rings. The Labute approximate surface area is 112 Å². The van der Waals surface area contributed by atoms with E-state index in [0.29, 0.717) is 25.0 Å². The quantitative estimate of drug-likeness (QED) is 0.803. The second-order valence-electron chi connectivity index (χ2n) is 5.76. The standard InChI is InChI=1S/C13H28N2O2S/c1-5-14-12(4)13-6-8-15(9-7-13)18(16,17)10-11(2)3/h11-14H,5-10H2,1-4H3. The van der Waals surface area contributed by atoms with Crippen LogP contribution in [0.25, 0.3) is 0 Å². The van der Waals surface area contributed by atoms with Crippen molar-refractivity contribution >= 4 is 10.0 Å². The SMILES string of the molecule is CCNC(C)C1CCN(S(=O)(=O)CC(C)C)CC1. The molecular formula is C13H28N2O2S. The molecule has 1 fully saturated rings. The van der Waals surface area contributed by atoms with Gasteiger partial charge >= 0.3 is 0 Å². The van der Waals surface area contributed by atoms with E-state index in [1.165, 1.54) is 0 Å². The number of sulfonamides is 1. The molecule has 0 spiro atoms. The minimum Gasteiger partial charge on any atom is -0.314 e. The van der Waals surface area contributed by atoms with Gasteiger partial charge in [0.1, 0.15) is 0 Å². The summed E-state index contributed by atoms with van der Waals surface area (Å²) in [6, 6.07) is 0.491. The van der Waals surface area contributed by atoms with Gasteiger partial charge in [-0.15, -0.1) is 0 Å². The maximum Gasteiger partial charge on any atom is 0.214 e. The van der Waals surface area contributed by atoms with Crippen LogP contribution in [0.2, 0.25) is 0 Å². The molecule has 0 saturated carbocycles. The summed E-state index contributed by atoms with van der Waals surface area (Å²) in [6.45, 7) is 10.6. The van der Waals surface area contributed by atoms with E-state index in [2.05, 4.69) is 19.2 Å². The molecule has 1 aliphatic heterocycles. The molecule has 1 heterocycles. The predicted molar refractivity (Wildman–Crippen MR) is 76.1 cm³/mol. The fraction of sp³-hybridized carbons (Fsp3) is 1.00. The lowest BCUT2D eigenvalue weighted by atomic mass is 9.91. The third kappa shape index (κ3) is 4.52. The van der Waals surface area contributed by atoms with Gasteiger partial charge in [-0.1, -0.05) is 20.8 Å². The van der Waals surface area contributed by atoms with Crippen molar-refractivity contribution in [3.05, 3.63) is 0 Å². The number of hydrogen-bond donors (Lipinski definition) is 1. The van der Waals surface area contributed by atoms with Gasteiger partial charge in [0.2, 0.25) is 10.0 Å². The predicted octanol–water partition coefficient (Wildman–Crippen LogP) is 1.68. The third-order valence-corrected chi connectivity index (χ3v) is 5.91. The monoisotopic (exact) mass is 276 g/mol. The van der Waals surface area contributed by atoms with Crippen LogP contribution < -0.4 is 5.32 Å². The molecule has 1 saturated heterocycles. The highest BCUT2D eigenvalue weighted by molar-refractivity contribution is 7.89. The van der Waals surface area contributed by atoms with Crippen LogP contribution >= 0.6 is 0 Å². The summed E-state index contributed by atoms with van der Waals surface area (Å²) in [5.74, 6) is 1.09. The minimum absolute atomic E-state index is 0.202. The molecule has 0 aromatic heterocycles. The van der Waals surface area contributed by atoms with E-state index in [1.54, 1.807) is 4.31 Å². The molecule has 0 amide bonds. The number of rotatable bonds is 6. The Hall–Kier alpha value is -0.130. The van der Waals surface area contributed by atoms with Gasteiger partial charge in [0, 0.05) is 19.1 Å². The van der Waals surface area contributed by atoms with E-state index in [-0.39, 0.29) is 11.7 Å². The molecule has 1 unspecified atom stereocenters. The van der Waals surface area contributed by atoms with Crippen molar-refractivity contribution in [1.82, 2.24) is 9.62 Å². The summed E-state index contributed by atoms with van der Waals surface area (Å²) < 4.78 is 25.9. The first-order valence-electron chi connectivity index (χ1n) is 7.08. The van der Waals surface area contributed by atoms with Crippen LogP contribution in [-0.4, -0.2) is 44.2 Å². The fourth-order valence-corrected chi connectivity index (χ4v) is 4.49. The smallest absolute Gasteiger partial charge is 0.214 e. The van der Waals surface area contributed by atoms with Gasteiger partial charge in [0.05, 0.1) is 5.75 Å². The minimum atomic E-state index is -3.03. The topological polar surface area (TPSA) is 49.4 Å². The van der Waals surface area contributed by atoms with Crippen molar-refractivity contribution in [3.63, 3.8) is 0 Å². The molecule has 0 aliphatic carbocycles. The van der Waals surface area contributed by atoms with Crippen LogP contribution in [0.4, 0.5) is 0 Å². The average Bonchev–Trinajstić information content (AvgIpc) is 2.28. The van der Waals surface area contributed by atoms with Crippen LogP contribution in [0, 0.1) is 11.8 Å². The lowest BCUT2D eigenvalue weighted by molar-refractivity contribution is 0.232. The Balaban J connectivity index is 2.48. The van der Waals surface area contributed by atoms with E-state index >= 15 is 0 Å². The van der Waals surface area contributed by atoms with Crippen LogP contribution in [0.5, 0.6) is 0 Å². The molecule has 4 nitrogen and oxygen atoms in total. The van der Waals surface area contributed by atoms with Crippen LogP contribution in [-0.2, 0) is 10.0 Å². The summed E-state index contributed by atoms with van der Waals surface area (Å²) in [5.41, 5.74) is 0. The molecule has 0 bridgehead atoms. The van der Waals surface area contributed by atoms with Gasteiger partial charge in [0.25, 0.3) is 0 Å². The summed E-state index contributed by atoms with van der Waals surface area (Å²) >= 11 is 0. The Morgan fingerprint density at radius 1 is 1.22 bits per heavy atom. The third-order valence-electron chi connectivity index (χ3n) is 3.67. The molecule has 0 aromatic rings. The molecule has 18 heavy (non-hydrogen) atoms. The molecule has 0 radical (unpaired) electrons. The number of hydrogen-bond acceptors (Lipinski definition) is 3. The first-order chi connectivity index (χ1) is 8.36. The zero-order chi connectivity index (χ0) is 13.8. The van der Waals surface area contributed by atoms with Gasteiger partial charge in [-0.2, -0.15) is 0 Å². The van der Waals surface area contributed by atoms with Crippen LogP contribution in [0.1, 0.15) is 40.5 Å². The largest absolute Gasteiger partial charge is 0.314 e. The van der Waals surface area contributed by atoms with Crippen molar-refractivity contribution in [3.8, 4) is 0 Å². The molecular weight excluding hydrogens is 248 g/mol. The zero-order valence-electron chi connectivity index (χ0n) is 12.1. The fourth-order valence-electron chi connectivity index (χ4n) is 2.67. The van der Waals surface area contributed by atoms with Crippen LogP contribution in [0.15, 0.2) is 0 Å². The first kappa shape index (κ1) is 15.9. The lowest BCUT2D eigenvalue weighted by Gasteiger charge is -2.34. The molecule has 1 N–H and O–H groups in total. The van der Waals surface area contributed by atoms with Crippen molar-refractivity contribution in [2.24, 2.45) is 11.8 Å². The summed E-state index contributed by atoms with van der Waals surface area (Å²) in [7, 11) is -3.03. The van der Waals surface area contributed by atoms with Gasteiger partial charge in [-0.05, 0) is 38.1 Å². The van der Waals surface area contributed by atoms with Crippen molar-refractivity contribution in [2.75, 3.05) is 25.4 Å². The zero-order valence-corrected chi connectivity index (χ0v) is 13.0. The van der Waals surface area contributed by atoms with E-state index in [9.17, 15) is 8.42 Å². The van der Waals surface area contributed by atoms with E-state index in [4.69, 9.17) is 0 Å². The highest BCUT2D eigenvalue weighted by Gasteiger charge is 2.30. The van der Waals surface area contributed by atoms with E-state index < -0.39 is 10.0 Å². The number of nitrogens with one attached hydrogen (secondary N) is 1. The highest BCUT2D eigenvalue weighted by Crippen LogP contribution is 2.23. The summed E-state index contributed by atoms with van der Waals surface area (Å²) in [4.78, 5) is 0. The van der Waals surface area contributed by atoms with Crippen molar-refractivity contribution in [1.29, 1.82) is 0 Å².